The maximum absolute atomic E-state index is 4.66. The molecule has 16 heavy (non-hydrogen) atoms. The molecule has 0 fully saturated rings. The van der Waals surface area contributed by atoms with Crippen LogP contribution >= 0.6 is 23.1 Å². The lowest BCUT2D eigenvalue weighted by Gasteiger charge is -2.14. The fourth-order valence-corrected chi connectivity index (χ4v) is 3.13. The second-order valence-electron chi connectivity index (χ2n) is 3.94. The van der Waals surface area contributed by atoms with Crippen molar-refractivity contribution in [3.63, 3.8) is 0 Å². The Morgan fingerprint density at radius 2 is 2.19 bits per heavy atom. The summed E-state index contributed by atoms with van der Waals surface area (Å²) >= 11 is 3.76. The summed E-state index contributed by atoms with van der Waals surface area (Å²) in [6, 6.07) is 0.453. The van der Waals surface area contributed by atoms with Crippen molar-refractivity contribution >= 4 is 23.1 Å². The molecule has 2 nitrogen and oxygen atoms in total. The van der Waals surface area contributed by atoms with Crippen molar-refractivity contribution in [1.82, 2.24) is 10.3 Å². The molecule has 1 heterocycles. The molecule has 0 bridgehead atoms. The number of thiazole rings is 1. The summed E-state index contributed by atoms with van der Waals surface area (Å²) in [5.41, 5.74) is 1.19. The molecule has 0 amide bonds. The van der Waals surface area contributed by atoms with Crippen LogP contribution in [0.15, 0.2) is 0 Å². The van der Waals surface area contributed by atoms with Gasteiger partial charge < -0.3 is 5.32 Å². The Balaban J connectivity index is 2.61. The molecule has 1 atom stereocenters. The average Bonchev–Trinajstić information content (AvgIpc) is 2.58. The Labute approximate surface area is 107 Å². The molecule has 1 unspecified atom stereocenters. The van der Waals surface area contributed by atoms with Crippen LogP contribution in [0.4, 0.5) is 0 Å². The zero-order valence-corrected chi connectivity index (χ0v) is 12.3. The third kappa shape index (κ3) is 4.07. The first kappa shape index (κ1) is 14.0. The lowest BCUT2D eigenvalue weighted by molar-refractivity contribution is 0.508. The van der Waals surface area contributed by atoms with Crippen molar-refractivity contribution < 1.29 is 0 Å². The molecule has 0 saturated heterocycles. The topological polar surface area (TPSA) is 24.9 Å². The van der Waals surface area contributed by atoms with Gasteiger partial charge in [-0.25, -0.2) is 4.98 Å². The zero-order valence-electron chi connectivity index (χ0n) is 10.7. The Morgan fingerprint density at radius 3 is 2.69 bits per heavy atom. The number of rotatable bonds is 7. The number of hydrogen-bond donors (Lipinski definition) is 1. The first-order valence-corrected chi connectivity index (χ1v) is 8.06. The Morgan fingerprint density at radius 1 is 1.44 bits per heavy atom. The molecule has 0 saturated carbocycles. The van der Waals surface area contributed by atoms with Gasteiger partial charge in [0, 0.05) is 4.88 Å². The van der Waals surface area contributed by atoms with Gasteiger partial charge in [-0.1, -0.05) is 6.92 Å². The molecule has 0 aliphatic rings. The summed E-state index contributed by atoms with van der Waals surface area (Å²) in [5.74, 6) is 1.24. The molecule has 1 rings (SSSR count). The van der Waals surface area contributed by atoms with Crippen molar-refractivity contribution in [1.29, 1.82) is 0 Å². The highest BCUT2D eigenvalue weighted by Crippen LogP contribution is 2.26. The first-order chi connectivity index (χ1) is 7.69. The molecule has 1 aromatic heterocycles. The number of nitrogens with zero attached hydrogens (tertiary/aromatic N) is 1. The van der Waals surface area contributed by atoms with Crippen LogP contribution < -0.4 is 5.32 Å². The second kappa shape index (κ2) is 7.30. The monoisotopic (exact) mass is 258 g/mol. The van der Waals surface area contributed by atoms with Crippen LogP contribution in [0.5, 0.6) is 0 Å². The SMILES string of the molecule is CCNC(CCCSC)c1nc(C)c(C)s1. The van der Waals surface area contributed by atoms with E-state index in [0.29, 0.717) is 6.04 Å². The minimum absolute atomic E-state index is 0.453. The molecule has 92 valence electrons. The van der Waals surface area contributed by atoms with Crippen LogP contribution in [-0.4, -0.2) is 23.5 Å². The maximum Gasteiger partial charge on any atom is 0.110 e. The maximum atomic E-state index is 4.66. The van der Waals surface area contributed by atoms with Crippen molar-refractivity contribution in [2.75, 3.05) is 18.6 Å². The Kier molecular flexibility index (Phi) is 6.39. The molecule has 1 aromatic rings. The van der Waals surface area contributed by atoms with Gasteiger partial charge in [-0.15, -0.1) is 11.3 Å². The summed E-state index contributed by atoms with van der Waals surface area (Å²) in [7, 11) is 0. The summed E-state index contributed by atoms with van der Waals surface area (Å²) < 4.78 is 0. The van der Waals surface area contributed by atoms with Gasteiger partial charge in [0.1, 0.15) is 5.01 Å². The van der Waals surface area contributed by atoms with Gasteiger partial charge in [-0.05, 0) is 45.2 Å². The van der Waals surface area contributed by atoms with E-state index in [1.165, 1.54) is 34.2 Å². The largest absolute Gasteiger partial charge is 0.308 e. The number of aryl methyl sites for hydroxylation is 2. The fraction of sp³-hybridized carbons (Fsp3) is 0.750. The van der Waals surface area contributed by atoms with Gasteiger partial charge in [-0.3, -0.25) is 0 Å². The van der Waals surface area contributed by atoms with Crippen molar-refractivity contribution in [2.45, 2.75) is 39.7 Å². The molecular weight excluding hydrogens is 236 g/mol. The van der Waals surface area contributed by atoms with E-state index in [4.69, 9.17) is 0 Å². The van der Waals surface area contributed by atoms with Crippen LogP contribution in [0.25, 0.3) is 0 Å². The molecule has 0 aromatic carbocycles. The zero-order chi connectivity index (χ0) is 12.0. The predicted molar refractivity (Wildman–Crippen MR) is 75.6 cm³/mol. The average molecular weight is 258 g/mol. The fourth-order valence-electron chi connectivity index (χ4n) is 1.64. The summed E-state index contributed by atoms with van der Waals surface area (Å²) in [4.78, 5) is 6.01. The van der Waals surface area contributed by atoms with E-state index < -0.39 is 0 Å². The van der Waals surface area contributed by atoms with Gasteiger partial charge >= 0.3 is 0 Å². The number of nitrogens with one attached hydrogen (secondary N) is 1. The number of thioether (sulfide) groups is 1. The van der Waals surface area contributed by atoms with E-state index in [9.17, 15) is 0 Å². The predicted octanol–water partition coefficient (Wildman–Crippen LogP) is 3.55. The molecule has 1 N–H and O–H groups in total. The third-order valence-corrected chi connectivity index (χ3v) is 4.52. The Hall–Kier alpha value is -0.0600. The van der Waals surface area contributed by atoms with E-state index in [1.54, 1.807) is 0 Å². The van der Waals surface area contributed by atoms with Gasteiger partial charge in [-0.2, -0.15) is 11.8 Å². The molecule has 0 aliphatic heterocycles. The highest BCUT2D eigenvalue weighted by molar-refractivity contribution is 7.98. The minimum atomic E-state index is 0.453. The number of hydrogen-bond acceptors (Lipinski definition) is 4. The van der Waals surface area contributed by atoms with Crippen LogP contribution in [-0.2, 0) is 0 Å². The molecule has 0 spiro atoms. The summed E-state index contributed by atoms with van der Waals surface area (Å²) in [5, 5.41) is 4.80. The van der Waals surface area contributed by atoms with Gasteiger partial charge in [0.05, 0.1) is 11.7 Å². The van der Waals surface area contributed by atoms with Gasteiger partial charge in [0.2, 0.25) is 0 Å². The number of aromatic nitrogens is 1. The second-order valence-corrected chi connectivity index (χ2v) is 6.16. The lowest BCUT2D eigenvalue weighted by Crippen LogP contribution is -2.20. The molecule has 0 aliphatic carbocycles. The van der Waals surface area contributed by atoms with E-state index >= 15 is 0 Å². The van der Waals surface area contributed by atoms with E-state index in [-0.39, 0.29) is 0 Å². The molecule has 0 radical (unpaired) electrons. The summed E-state index contributed by atoms with van der Waals surface area (Å²) in [6.45, 7) is 7.43. The van der Waals surface area contributed by atoms with Crippen LogP contribution in [0.3, 0.4) is 0 Å². The van der Waals surface area contributed by atoms with E-state index in [0.717, 1.165) is 6.54 Å². The first-order valence-electron chi connectivity index (χ1n) is 5.85. The highest BCUT2D eigenvalue weighted by atomic mass is 32.2. The van der Waals surface area contributed by atoms with Crippen LogP contribution in [0, 0.1) is 13.8 Å². The van der Waals surface area contributed by atoms with Crippen molar-refractivity contribution in [3.8, 4) is 0 Å². The minimum Gasteiger partial charge on any atom is -0.308 e. The van der Waals surface area contributed by atoms with Gasteiger partial charge in [0.15, 0.2) is 0 Å². The Bertz CT molecular complexity index is 290. The smallest absolute Gasteiger partial charge is 0.110 e. The normalized spacial score (nSPS) is 13.0. The molecular formula is C12H22N2S2. The van der Waals surface area contributed by atoms with E-state index in [2.05, 4.69) is 37.3 Å². The quantitative estimate of drug-likeness (QED) is 0.757. The highest BCUT2D eigenvalue weighted by Gasteiger charge is 2.14. The standard InChI is InChI=1S/C12H22N2S2/c1-5-13-11(7-6-8-15-4)12-14-9(2)10(3)16-12/h11,13H,5-8H2,1-4H3. The third-order valence-electron chi connectivity index (χ3n) is 2.63. The molecule has 4 heteroatoms. The van der Waals surface area contributed by atoms with Crippen molar-refractivity contribution in [3.05, 3.63) is 15.6 Å². The lowest BCUT2D eigenvalue weighted by atomic mass is 10.2. The van der Waals surface area contributed by atoms with Crippen molar-refractivity contribution in [2.24, 2.45) is 0 Å². The van der Waals surface area contributed by atoms with Gasteiger partial charge in [0.25, 0.3) is 0 Å². The van der Waals surface area contributed by atoms with Crippen LogP contribution in [0.1, 0.15) is 41.4 Å². The van der Waals surface area contributed by atoms with E-state index in [1.807, 2.05) is 23.1 Å². The van der Waals surface area contributed by atoms with Crippen LogP contribution in [0.2, 0.25) is 0 Å². The summed E-state index contributed by atoms with van der Waals surface area (Å²) in [6.07, 6.45) is 4.62.